The van der Waals surface area contributed by atoms with Crippen LogP contribution in [0.25, 0.3) is 0 Å². The summed E-state index contributed by atoms with van der Waals surface area (Å²) in [5, 5.41) is 12.8. The van der Waals surface area contributed by atoms with Gasteiger partial charge in [-0.05, 0) is 31.2 Å². The average molecular weight is 242 g/mol. The summed E-state index contributed by atoms with van der Waals surface area (Å²) in [6, 6.07) is 0.663. The molecule has 1 heterocycles. The van der Waals surface area contributed by atoms with Crippen LogP contribution >= 0.6 is 0 Å². The molecule has 1 fully saturated rings. The lowest BCUT2D eigenvalue weighted by Crippen LogP contribution is -2.45. The summed E-state index contributed by atoms with van der Waals surface area (Å²) in [7, 11) is 0. The molecule has 0 spiro atoms. The van der Waals surface area contributed by atoms with Gasteiger partial charge in [-0.3, -0.25) is 0 Å². The number of hydrogen-bond acceptors (Lipinski definition) is 3. The fourth-order valence-electron chi connectivity index (χ4n) is 2.96. The van der Waals surface area contributed by atoms with Crippen LogP contribution in [0, 0.1) is 5.41 Å². The van der Waals surface area contributed by atoms with E-state index in [0.717, 1.165) is 6.54 Å². The fraction of sp³-hybridized carbons (Fsp3) is 1.00. The van der Waals surface area contributed by atoms with Gasteiger partial charge in [-0.2, -0.15) is 0 Å². The lowest BCUT2D eigenvalue weighted by molar-refractivity contribution is 0.176. The zero-order chi connectivity index (χ0) is 12.9. The molecule has 3 heteroatoms. The van der Waals surface area contributed by atoms with E-state index in [1.165, 1.54) is 32.4 Å². The summed E-state index contributed by atoms with van der Waals surface area (Å²) < 4.78 is 0. The van der Waals surface area contributed by atoms with Crippen molar-refractivity contribution < 1.29 is 5.11 Å². The van der Waals surface area contributed by atoms with Gasteiger partial charge < -0.3 is 15.3 Å². The quantitative estimate of drug-likeness (QED) is 0.715. The summed E-state index contributed by atoms with van der Waals surface area (Å²) >= 11 is 0. The lowest BCUT2D eigenvalue weighted by atomic mass is 9.82. The Kier molecular flexibility index (Phi) is 5.90. The highest BCUT2D eigenvalue weighted by Gasteiger charge is 2.35. The first-order chi connectivity index (χ1) is 8.05. The van der Waals surface area contributed by atoms with Crippen molar-refractivity contribution in [2.45, 2.75) is 59.0 Å². The Morgan fingerprint density at radius 3 is 2.35 bits per heavy atom. The van der Waals surface area contributed by atoms with Crippen LogP contribution in [0.15, 0.2) is 0 Å². The van der Waals surface area contributed by atoms with E-state index in [1.54, 1.807) is 0 Å². The first-order valence-electron chi connectivity index (χ1n) is 7.14. The van der Waals surface area contributed by atoms with Crippen LogP contribution in [0.1, 0.15) is 47.0 Å². The normalized spacial score (nSPS) is 22.2. The molecule has 1 rings (SSSR count). The van der Waals surface area contributed by atoms with E-state index in [4.69, 9.17) is 0 Å². The molecule has 0 aromatic rings. The van der Waals surface area contributed by atoms with Crippen LogP contribution in [0.5, 0.6) is 0 Å². The zero-order valence-corrected chi connectivity index (χ0v) is 12.0. The van der Waals surface area contributed by atoms with Gasteiger partial charge in [0.15, 0.2) is 0 Å². The topological polar surface area (TPSA) is 35.5 Å². The molecule has 1 unspecified atom stereocenters. The predicted octanol–water partition coefficient (Wildman–Crippen LogP) is 1.86. The van der Waals surface area contributed by atoms with Crippen molar-refractivity contribution >= 4 is 0 Å². The minimum atomic E-state index is 0.222. The van der Waals surface area contributed by atoms with E-state index in [0.29, 0.717) is 11.5 Å². The molecule has 3 nitrogen and oxygen atoms in total. The summed E-state index contributed by atoms with van der Waals surface area (Å²) in [4.78, 5) is 2.52. The largest absolute Gasteiger partial charge is 0.395 e. The van der Waals surface area contributed by atoms with Gasteiger partial charge in [0.25, 0.3) is 0 Å². The Hall–Kier alpha value is -0.120. The highest BCUT2D eigenvalue weighted by atomic mass is 16.3. The maximum Gasteiger partial charge on any atom is 0.0597 e. The SMILES string of the molecule is CCC1(CC)CCN(CC(CO)NC(C)C)C1. The van der Waals surface area contributed by atoms with E-state index in [2.05, 4.69) is 37.9 Å². The lowest BCUT2D eigenvalue weighted by Gasteiger charge is -2.29. The molecular formula is C14H30N2O. The van der Waals surface area contributed by atoms with Crippen LogP contribution in [-0.2, 0) is 0 Å². The van der Waals surface area contributed by atoms with Crippen molar-refractivity contribution in [2.75, 3.05) is 26.2 Å². The molecule has 102 valence electrons. The van der Waals surface area contributed by atoms with Crippen LogP contribution in [0.3, 0.4) is 0 Å². The molecule has 1 atom stereocenters. The van der Waals surface area contributed by atoms with Gasteiger partial charge in [-0.15, -0.1) is 0 Å². The number of nitrogens with one attached hydrogen (secondary N) is 1. The van der Waals surface area contributed by atoms with E-state index in [1.807, 2.05) is 0 Å². The Labute approximate surface area is 107 Å². The Morgan fingerprint density at radius 1 is 1.29 bits per heavy atom. The van der Waals surface area contributed by atoms with Crippen molar-refractivity contribution in [1.29, 1.82) is 0 Å². The number of aliphatic hydroxyl groups excluding tert-OH is 1. The summed E-state index contributed by atoms with van der Waals surface area (Å²) in [5.74, 6) is 0. The maximum atomic E-state index is 9.39. The second-order valence-corrected chi connectivity index (χ2v) is 5.89. The minimum absolute atomic E-state index is 0.222. The maximum absolute atomic E-state index is 9.39. The Bertz CT molecular complexity index is 214. The van der Waals surface area contributed by atoms with Crippen LogP contribution in [-0.4, -0.2) is 48.3 Å². The Morgan fingerprint density at radius 2 is 1.94 bits per heavy atom. The third-order valence-corrected chi connectivity index (χ3v) is 4.29. The molecule has 17 heavy (non-hydrogen) atoms. The number of rotatable bonds is 7. The third kappa shape index (κ3) is 4.23. The van der Waals surface area contributed by atoms with Gasteiger partial charge in [-0.1, -0.05) is 27.7 Å². The molecule has 0 saturated carbocycles. The van der Waals surface area contributed by atoms with E-state index >= 15 is 0 Å². The van der Waals surface area contributed by atoms with E-state index in [9.17, 15) is 5.11 Å². The molecule has 0 amide bonds. The van der Waals surface area contributed by atoms with Gasteiger partial charge >= 0.3 is 0 Å². The molecule has 0 bridgehead atoms. The molecule has 2 N–H and O–H groups in total. The van der Waals surface area contributed by atoms with E-state index in [-0.39, 0.29) is 12.6 Å². The predicted molar refractivity (Wildman–Crippen MR) is 73.2 cm³/mol. The van der Waals surface area contributed by atoms with E-state index < -0.39 is 0 Å². The monoisotopic (exact) mass is 242 g/mol. The molecule has 1 saturated heterocycles. The number of aliphatic hydroxyl groups is 1. The van der Waals surface area contributed by atoms with Gasteiger partial charge in [-0.25, -0.2) is 0 Å². The first kappa shape index (κ1) is 14.9. The third-order valence-electron chi connectivity index (χ3n) is 4.29. The highest BCUT2D eigenvalue weighted by molar-refractivity contribution is 4.89. The van der Waals surface area contributed by atoms with Gasteiger partial charge in [0.05, 0.1) is 6.61 Å². The molecule has 0 aliphatic carbocycles. The molecule has 0 radical (unpaired) electrons. The highest BCUT2D eigenvalue weighted by Crippen LogP contribution is 2.36. The fourth-order valence-corrected chi connectivity index (χ4v) is 2.96. The number of likely N-dealkylation sites (tertiary alicyclic amines) is 1. The molecule has 0 aromatic heterocycles. The second-order valence-electron chi connectivity index (χ2n) is 5.89. The van der Waals surface area contributed by atoms with Crippen molar-refractivity contribution in [2.24, 2.45) is 5.41 Å². The smallest absolute Gasteiger partial charge is 0.0597 e. The van der Waals surface area contributed by atoms with Crippen LogP contribution in [0.4, 0.5) is 0 Å². The van der Waals surface area contributed by atoms with Crippen molar-refractivity contribution in [3.8, 4) is 0 Å². The molecule has 1 aliphatic heterocycles. The van der Waals surface area contributed by atoms with Gasteiger partial charge in [0.1, 0.15) is 0 Å². The minimum Gasteiger partial charge on any atom is -0.395 e. The summed E-state index contributed by atoms with van der Waals surface area (Å²) in [5.41, 5.74) is 0.540. The van der Waals surface area contributed by atoms with Crippen molar-refractivity contribution in [3.63, 3.8) is 0 Å². The zero-order valence-electron chi connectivity index (χ0n) is 12.0. The number of nitrogens with zero attached hydrogens (tertiary/aromatic N) is 1. The second kappa shape index (κ2) is 6.72. The molecule has 1 aliphatic rings. The standard InChI is InChI=1S/C14H30N2O/c1-5-14(6-2)7-8-16(11-14)9-13(10-17)15-12(3)4/h12-13,15,17H,5-11H2,1-4H3. The first-order valence-corrected chi connectivity index (χ1v) is 7.14. The van der Waals surface area contributed by atoms with Gasteiger partial charge in [0.2, 0.25) is 0 Å². The average Bonchev–Trinajstić information content (AvgIpc) is 2.72. The van der Waals surface area contributed by atoms with Gasteiger partial charge in [0, 0.05) is 25.2 Å². The molecular weight excluding hydrogens is 212 g/mol. The van der Waals surface area contributed by atoms with Crippen molar-refractivity contribution in [3.05, 3.63) is 0 Å². The van der Waals surface area contributed by atoms with Crippen LogP contribution in [0.2, 0.25) is 0 Å². The summed E-state index contributed by atoms with van der Waals surface area (Å²) in [6.07, 6.45) is 3.88. The Balaban J connectivity index is 2.42. The van der Waals surface area contributed by atoms with Crippen LogP contribution < -0.4 is 5.32 Å². The van der Waals surface area contributed by atoms with Crippen molar-refractivity contribution in [1.82, 2.24) is 10.2 Å². The molecule has 0 aromatic carbocycles. The summed E-state index contributed by atoms with van der Waals surface area (Å²) in [6.45, 7) is 12.5. The number of hydrogen-bond donors (Lipinski definition) is 2.